The maximum absolute atomic E-state index is 11.4. The van der Waals surface area contributed by atoms with Crippen LogP contribution < -0.4 is 9.47 Å². The van der Waals surface area contributed by atoms with Crippen LogP contribution in [0.25, 0.3) is 0 Å². The maximum Gasteiger partial charge on any atom is 0.345 e. The Labute approximate surface area is 177 Å². The van der Waals surface area contributed by atoms with E-state index in [2.05, 4.69) is 24.7 Å². The lowest BCUT2D eigenvalue weighted by Crippen LogP contribution is -2.09. The van der Waals surface area contributed by atoms with E-state index in [1.165, 1.54) is 57.2 Å². The maximum atomic E-state index is 11.4. The molecule has 0 bridgehead atoms. The summed E-state index contributed by atoms with van der Waals surface area (Å²) in [6.07, 6.45) is 6.49. The van der Waals surface area contributed by atoms with Gasteiger partial charge in [0.25, 0.3) is 0 Å². The molecule has 0 saturated heterocycles. The Kier molecular flexibility index (Phi) is 10.8. The van der Waals surface area contributed by atoms with E-state index in [0.29, 0.717) is 16.9 Å². The third-order valence-corrected chi connectivity index (χ3v) is 4.24. The zero-order valence-electron chi connectivity index (χ0n) is 16.9. The van der Waals surface area contributed by atoms with Gasteiger partial charge < -0.3 is 18.9 Å². The Bertz CT molecular complexity index is 838. The van der Waals surface area contributed by atoms with Crippen molar-refractivity contribution in [3.63, 3.8) is 0 Å². The van der Waals surface area contributed by atoms with Crippen molar-refractivity contribution in [2.75, 3.05) is 40.4 Å². The molecular formula is C17H22N4O6S2. The highest BCUT2D eigenvalue weighted by Gasteiger charge is 2.16. The minimum Gasteiger partial charge on any atom is -0.480 e. The van der Waals surface area contributed by atoms with Crippen molar-refractivity contribution >= 4 is 35.5 Å². The number of hydrogen-bond donors (Lipinski definition) is 0. The molecule has 0 aliphatic heterocycles. The van der Waals surface area contributed by atoms with E-state index in [1.54, 1.807) is 6.92 Å². The van der Waals surface area contributed by atoms with E-state index in [-0.39, 0.29) is 22.9 Å². The van der Waals surface area contributed by atoms with E-state index in [1.807, 2.05) is 12.5 Å². The molecule has 0 spiro atoms. The van der Waals surface area contributed by atoms with Crippen molar-refractivity contribution in [2.45, 2.75) is 17.2 Å². The summed E-state index contributed by atoms with van der Waals surface area (Å²) in [5.74, 6) is -0.500. The molecule has 0 aromatic carbocycles. The third-order valence-electron chi connectivity index (χ3n) is 3.12. The second-order valence-electron chi connectivity index (χ2n) is 4.77. The van der Waals surface area contributed by atoms with E-state index in [4.69, 9.17) is 14.2 Å². The van der Waals surface area contributed by atoms with Gasteiger partial charge >= 0.3 is 11.9 Å². The summed E-state index contributed by atoms with van der Waals surface area (Å²) >= 11 is 2.75. The smallest absolute Gasteiger partial charge is 0.345 e. The van der Waals surface area contributed by atoms with Crippen molar-refractivity contribution in [1.82, 2.24) is 19.9 Å². The van der Waals surface area contributed by atoms with Crippen LogP contribution in [0.2, 0.25) is 0 Å². The molecule has 2 rings (SSSR count). The van der Waals surface area contributed by atoms with Gasteiger partial charge in [0, 0.05) is 12.4 Å². The van der Waals surface area contributed by atoms with Crippen LogP contribution >= 0.6 is 23.5 Å². The number of carbonyl (C=O) groups excluding carboxylic acids is 2. The van der Waals surface area contributed by atoms with Crippen LogP contribution in [0.15, 0.2) is 22.7 Å². The van der Waals surface area contributed by atoms with Crippen LogP contribution in [0.5, 0.6) is 11.8 Å². The van der Waals surface area contributed by atoms with Crippen molar-refractivity contribution in [2.24, 2.45) is 0 Å². The van der Waals surface area contributed by atoms with Crippen LogP contribution in [0.4, 0.5) is 0 Å². The predicted octanol–water partition coefficient (Wildman–Crippen LogP) is 2.38. The second kappa shape index (κ2) is 12.8. The molecule has 10 nitrogen and oxygen atoms in total. The molecule has 158 valence electrons. The van der Waals surface area contributed by atoms with Gasteiger partial charge in [0.1, 0.15) is 11.1 Å². The zero-order valence-corrected chi connectivity index (χ0v) is 18.5. The quantitative estimate of drug-likeness (QED) is 0.355. The fraction of sp³-hybridized carbons (Fsp3) is 0.412. The van der Waals surface area contributed by atoms with Crippen molar-refractivity contribution in [3.05, 3.63) is 23.5 Å². The first kappa shape index (κ1) is 24.4. The molecule has 2 aromatic rings. The van der Waals surface area contributed by atoms with E-state index >= 15 is 0 Å². The highest BCUT2D eigenvalue weighted by molar-refractivity contribution is 7.98. The van der Waals surface area contributed by atoms with Gasteiger partial charge in [-0.05, 0) is 19.4 Å². The average molecular weight is 443 g/mol. The Morgan fingerprint density at radius 1 is 0.862 bits per heavy atom. The fourth-order valence-corrected chi connectivity index (χ4v) is 2.47. The minimum atomic E-state index is -0.505. The van der Waals surface area contributed by atoms with E-state index in [9.17, 15) is 9.59 Å². The van der Waals surface area contributed by atoms with Crippen LogP contribution in [-0.2, 0) is 9.47 Å². The number of rotatable bonds is 7. The van der Waals surface area contributed by atoms with Crippen LogP contribution in [0, 0.1) is 0 Å². The Morgan fingerprint density at radius 2 is 1.31 bits per heavy atom. The third kappa shape index (κ3) is 7.06. The fourth-order valence-electron chi connectivity index (χ4n) is 1.81. The van der Waals surface area contributed by atoms with Gasteiger partial charge in [-0.2, -0.15) is 9.97 Å². The van der Waals surface area contributed by atoms with Crippen LogP contribution in [-0.4, -0.2) is 72.3 Å². The number of aromatic nitrogens is 4. The SMILES string of the molecule is CCOC(=O)c1cnc(SC)nc1OC.COC(=O)c1cnc(SC)nc1OC. The first-order valence-electron chi connectivity index (χ1n) is 8.11. The standard InChI is InChI=1S/C9H12N2O3S.C8H10N2O3S/c1-4-14-8(12)6-5-10-9(15-3)11-7(6)13-2;1-12-6-5(7(11)13-2)4-9-8(10-6)14-3/h5H,4H2,1-3H3;4H,1-3H3. The highest BCUT2D eigenvalue weighted by Crippen LogP contribution is 2.19. The molecule has 0 saturated carbocycles. The average Bonchev–Trinajstić information content (AvgIpc) is 2.77. The largest absolute Gasteiger partial charge is 0.480 e. The Balaban J connectivity index is 0.000000291. The van der Waals surface area contributed by atoms with Gasteiger partial charge in [-0.25, -0.2) is 19.6 Å². The second-order valence-corrected chi connectivity index (χ2v) is 6.32. The summed E-state index contributed by atoms with van der Waals surface area (Å²) in [4.78, 5) is 38.6. The summed E-state index contributed by atoms with van der Waals surface area (Å²) in [5.41, 5.74) is 0.477. The van der Waals surface area contributed by atoms with Crippen LogP contribution in [0.1, 0.15) is 27.6 Å². The summed E-state index contributed by atoms with van der Waals surface area (Å²) in [7, 11) is 4.19. The summed E-state index contributed by atoms with van der Waals surface area (Å²) in [5, 5.41) is 1.11. The van der Waals surface area contributed by atoms with E-state index < -0.39 is 11.9 Å². The van der Waals surface area contributed by atoms with E-state index in [0.717, 1.165) is 0 Å². The number of hydrogen-bond acceptors (Lipinski definition) is 12. The zero-order chi connectivity index (χ0) is 21.8. The first-order valence-corrected chi connectivity index (χ1v) is 10.6. The van der Waals surface area contributed by atoms with Crippen molar-refractivity contribution in [3.8, 4) is 11.8 Å². The summed E-state index contributed by atoms with van der Waals surface area (Å²) in [6, 6.07) is 0. The summed E-state index contributed by atoms with van der Waals surface area (Å²) < 4.78 is 19.3. The van der Waals surface area contributed by atoms with Gasteiger partial charge in [0.05, 0.1) is 27.9 Å². The number of carbonyl (C=O) groups is 2. The molecule has 0 amide bonds. The molecule has 2 heterocycles. The lowest BCUT2D eigenvalue weighted by atomic mass is 10.3. The van der Waals surface area contributed by atoms with Gasteiger partial charge in [0.15, 0.2) is 10.3 Å². The lowest BCUT2D eigenvalue weighted by Gasteiger charge is -2.06. The molecule has 2 aromatic heterocycles. The molecule has 29 heavy (non-hydrogen) atoms. The van der Waals surface area contributed by atoms with Gasteiger partial charge in [-0.1, -0.05) is 23.5 Å². The topological polar surface area (TPSA) is 123 Å². The number of esters is 2. The summed E-state index contributed by atoms with van der Waals surface area (Å²) in [6.45, 7) is 2.05. The Morgan fingerprint density at radius 3 is 1.66 bits per heavy atom. The van der Waals surface area contributed by atoms with Crippen LogP contribution in [0.3, 0.4) is 0 Å². The van der Waals surface area contributed by atoms with Gasteiger partial charge in [0.2, 0.25) is 11.8 Å². The molecule has 0 N–H and O–H groups in total. The number of methoxy groups -OCH3 is 3. The molecule has 12 heteroatoms. The highest BCUT2D eigenvalue weighted by atomic mass is 32.2. The number of thioether (sulfide) groups is 2. The first-order chi connectivity index (χ1) is 13.9. The molecule has 0 atom stereocenters. The predicted molar refractivity (Wildman–Crippen MR) is 108 cm³/mol. The lowest BCUT2D eigenvalue weighted by molar-refractivity contribution is 0.0519. The normalized spacial score (nSPS) is 9.72. The number of nitrogens with zero attached hydrogens (tertiary/aromatic N) is 4. The van der Waals surface area contributed by atoms with Crippen molar-refractivity contribution < 1.29 is 28.5 Å². The van der Waals surface area contributed by atoms with Gasteiger partial charge in [-0.15, -0.1) is 0 Å². The molecular weight excluding hydrogens is 420 g/mol. The molecule has 0 fully saturated rings. The molecule has 0 unspecified atom stereocenters. The molecule has 0 aliphatic carbocycles. The van der Waals surface area contributed by atoms with Gasteiger partial charge in [-0.3, -0.25) is 0 Å². The minimum absolute atomic E-state index is 0.229. The monoisotopic (exact) mass is 442 g/mol. The molecule has 0 radical (unpaired) electrons. The number of ether oxygens (including phenoxy) is 4. The Hall–Kier alpha value is -2.60. The molecule has 0 aliphatic rings. The van der Waals surface area contributed by atoms with Crippen molar-refractivity contribution in [1.29, 1.82) is 0 Å².